The summed E-state index contributed by atoms with van der Waals surface area (Å²) in [5.74, 6) is 0.434. The number of carbonyl (C=O) groups is 1. The summed E-state index contributed by atoms with van der Waals surface area (Å²) >= 11 is 0. The first-order chi connectivity index (χ1) is 11.8. The van der Waals surface area contributed by atoms with Crippen LogP contribution in [0.1, 0.15) is 22.8 Å². The topological polar surface area (TPSA) is 56.1 Å². The highest BCUT2D eigenvalue weighted by Crippen LogP contribution is 2.14. The molecule has 5 nitrogen and oxygen atoms in total. The summed E-state index contributed by atoms with van der Waals surface area (Å²) in [4.78, 5) is 16.5. The van der Waals surface area contributed by atoms with Gasteiger partial charge in [0.05, 0.1) is 6.61 Å². The van der Waals surface area contributed by atoms with E-state index in [4.69, 9.17) is 4.74 Å². The van der Waals surface area contributed by atoms with E-state index < -0.39 is 0 Å². The Morgan fingerprint density at radius 2 is 1.88 bits per heavy atom. The maximum absolute atomic E-state index is 12.3. The fraction of sp³-hybridized carbons (Fsp3) is 0.158. The molecule has 5 heteroatoms. The monoisotopic (exact) mass is 321 g/mol. The lowest BCUT2D eigenvalue weighted by Gasteiger charge is -2.10. The molecule has 122 valence electrons. The van der Waals surface area contributed by atoms with Crippen molar-refractivity contribution in [3.63, 3.8) is 0 Å². The van der Waals surface area contributed by atoms with Crippen LogP contribution in [0.3, 0.4) is 0 Å². The van der Waals surface area contributed by atoms with Gasteiger partial charge < -0.3 is 14.6 Å². The third-order valence-electron chi connectivity index (χ3n) is 3.60. The quantitative estimate of drug-likeness (QED) is 0.758. The van der Waals surface area contributed by atoms with Crippen LogP contribution in [0.15, 0.2) is 67.1 Å². The van der Waals surface area contributed by atoms with Crippen molar-refractivity contribution in [2.75, 3.05) is 6.61 Å². The van der Waals surface area contributed by atoms with Gasteiger partial charge in [0.25, 0.3) is 5.91 Å². The summed E-state index contributed by atoms with van der Waals surface area (Å²) in [6.45, 7) is 2.82. The number of hydrogen-bond acceptors (Lipinski definition) is 3. The Morgan fingerprint density at radius 3 is 2.58 bits per heavy atom. The SMILES string of the molecule is CCOc1ncccc1CNC(=O)c1ccc(-n2cccc2)cc1. The summed E-state index contributed by atoms with van der Waals surface area (Å²) in [5, 5.41) is 2.90. The van der Waals surface area contributed by atoms with E-state index >= 15 is 0 Å². The lowest BCUT2D eigenvalue weighted by Crippen LogP contribution is -2.23. The first-order valence-electron chi connectivity index (χ1n) is 7.86. The van der Waals surface area contributed by atoms with Crippen molar-refractivity contribution >= 4 is 5.91 Å². The van der Waals surface area contributed by atoms with Gasteiger partial charge >= 0.3 is 0 Å². The molecule has 2 aromatic heterocycles. The minimum Gasteiger partial charge on any atom is -0.478 e. The number of nitrogens with zero attached hydrogens (tertiary/aromatic N) is 2. The van der Waals surface area contributed by atoms with E-state index in [9.17, 15) is 4.79 Å². The van der Waals surface area contributed by atoms with Crippen LogP contribution in [0.5, 0.6) is 5.88 Å². The molecule has 3 aromatic rings. The summed E-state index contributed by atoms with van der Waals surface area (Å²) in [6.07, 6.45) is 5.61. The van der Waals surface area contributed by atoms with Gasteiger partial charge in [0.2, 0.25) is 5.88 Å². The van der Waals surface area contributed by atoms with Crippen LogP contribution in [-0.4, -0.2) is 22.1 Å². The van der Waals surface area contributed by atoms with Crippen LogP contribution in [0.25, 0.3) is 5.69 Å². The number of carbonyl (C=O) groups excluding carboxylic acids is 1. The van der Waals surface area contributed by atoms with Crippen LogP contribution >= 0.6 is 0 Å². The molecule has 0 spiro atoms. The van der Waals surface area contributed by atoms with E-state index in [0.717, 1.165) is 11.3 Å². The Hall–Kier alpha value is -3.08. The number of pyridine rings is 1. The fourth-order valence-electron chi connectivity index (χ4n) is 2.39. The van der Waals surface area contributed by atoms with Crippen molar-refractivity contribution in [2.24, 2.45) is 0 Å². The van der Waals surface area contributed by atoms with Gasteiger partial charge in [0.15, 0.2) is 0 Å². The average Bonchev–Trinajstić information content (AvgIpc) is 3.16. The molecule has 1 amide bonds. The molecule has 24 heavy (non-hydrogen) atoms. The van der Waals surface area contributed by atoms with Gasteiger partial charge in [-0.2, -0.15) is 0 Å². The highest BCUT2D eigenvalue weighted by Gasteiger charge is 2.08. The number of aromatic nitrogens is 2. The molecular formula is C19H19N3O2. The molecule has 0 aliphatic heterocycles. The maximum atomic E-state index is 12.3. The predicted molar refractivity (Wildman–Crippen MR) is 92.3 cm³/mol. The fourth-order valence-corrected chi connectivity index (χ4v) is 2.39. The minimum absolute atomic E-state index is 0.125. The first kappa shape index (κ1) is 15.8. The van der Waals surface area contributed by atoms with Crippen LogP contribution in [0, 0.1) is 0 Å². The van der Waals surface area contributed by atoms with E-state index in [1.807, 2.05) is 72.4 Å². The molecule has 0 radical (unpaired) electrons. The van der Waals surface area contributed by atoms with Crippen molar-refractivity contribution < 1.29 is 9.53 Å². The van der Waals surface area contributed by atoms with Crippen molar-refractivity contribution in [1.29, 1.82) is 0 Å². The molecule has 2 heterocycles. The highest BCUT2D eigenvalue weighted by atomic mass is 16.5. The van der Waals surface area contributed by atoms with Gasteiger partial charge in [-0.05, 0) is 49.4 Å². The normalized spacial score (nSPS) is 10.4. The largest absolute Gasteiger partial charge is 0.478 e. The molecule has 3 rings (SSSR count). The molecule has 0 unspecified atom stereocenters. The lowest BCUT2D eigenvalue weighted by molar-refractivity contribution is 0.0950. The zero-order chi connectivity index (χ0) is 16.8. The lowest BCUT2D eigenvalue weighted by atomic mass is 10.2. The Bertz CT molecular complexity index is 796. The second kappa shape index (κ2) is 7.46. The van der Waals surface area contributed by atoms with Crippen LogP contribution in [0.2, 0.25) is 0 Å². The summed E-state index contributed by atoms with van der Waals surface area (Å²) in [5.41, 5.74) is 2.49. The van der Waals surface area contributed by atoms with Crippen LogP contribution in [-0.2, 0) is 6.54 Å². The maximum Gasteiger partial charge on any atom is 0.251 e. The minimum atomic E-state index is -0.125. The van der Waals surface area contributed by atoms with E-state index in [1.165, 1.54) is 0 Å². The third kappa shape index (κ3) is 3.63. The number of rotatable bonds is 6. The van der Waals surface area contributed by atoms with Crippen molar-refractivity contribution in [3.8, 4) is 11.6 Å². The van der Waals surface area contributed by atoms with Crippen molar-refractivity contribution in [1.82, 2.24) is 14.9 Å². The predicted octanol–water partition coefficient (Wildman–Crippen LogP) is 3.20. The number of nitrogens with one attached hydrogen (secondary N) is 1. The standard InChI is InChI=1S/C19H19N3O2/c1-2-24-19-16(6-5-11-20-19)14-21-18(23)15-7-9-17(10-8-15)22-12-3-4-13-22/h3-13H,2,14H2,1H3,(H,21,23). The van der Waals surface area contributed by atoms with Crippen molar-refractivity contribution in [3.05, 3.63) is 78.2 Å². The first-order valence-corrected chi connectivity index (χ1v) is 7.86. The zero-order valence-corrected chi connectivity index (χ0v) is 13.5. The number of amides is 1. The molecule has 0 aliphatic carbocycles. The molecule has 0 atom stereocenters. The number of benzene rings is 1. The Labute approximate surface area is 140 Å². The molecule has 0 bridgehead atoms. The molecule has 0 saturated carbocycles. The molecular weight excluding hydrogens is 302 g/mol. The number of ether oxygens (including phenoxy) is 1. The van der Waals surface area contributed by atoms with Crippen LogP contribution in [0.4, 0.5) is 0 Å². The Morgan fingerprint density at radius 1 is 1.12 bits per heavy atom. The van der Waals surface area contributed by atoms with Gasteiger partial charge in [0.1, 0.15) is 0 Å². The van der Waals surface area contributed by atoms with Crippen LogP contribution < -0.4 is 10.1 Å². The smallest absolute Gasteiger partial charge is 0.251 e. The zero-order valence-electron chi connectivity index (χ0n) is 13.5. The van der Waals surface area contributed by atoms with E-state index in [2.05, 4.69) is 10.3 Å². The number of hydrogen-bond donors (Lipinski definition) is 1. The molecule has 0 aliphatic rings. The van der Waals surface area contributed by atoms with E-state index in [0.29, 0.717) is 24.6 Å². The van der Waals surface area contributed by atoms with Gasteiger partial charge in [-0.15, -0.1) is 0 Å². The average molecular weight is 321 g/mol. The van der Waals surface area contributed by atoms with E-state index in [1.54, 1.807) is 6.20 Å². The Balaban J connectivity index is 1.65. The summed E-state index contributed by atoms with van der Waals surface area (Å²) in [7, 11) is 0. The van der Waals surface area contributed by atoms with Crippen molar-refractivity contribution in [2.45, 2.75) is 13.5 Å². The highest BCUT2D eigenvalue weighted by molar-refractivity contribution is 5.94. The van der Waals surface area contributed by atoms with Gasteiger partial charge in [0, 0.05) is 41.9 Å². The van der Waals surface area contributed by atoms with Gasteiger partial charge in [-0.25, -0.2) is 4.98 Å². The summed E-state index contributed by atoms with van der Waals surface area (Å²) < 4.78 is 7.46. The molecule has 0 fully saturated rings. The third-order valence-corrected chi connectivity index (χ3v) is 3.60. The Kier molecular flexibility index (Phi) is 4.91. The molecule has 1 aromatic carbocycles. The molecule has 0 saturated heterocycles. The van der Waals surface area contributed by atoms with E-state index in [-0.39, 0.29) is 5.91 Å². The second-order valence-electron chi connectivity index (χ2n) is 5.22. The molecule has 1 N–H and O–H groups in total. The van der Waals surface area contributed by atoms with Gasteiger partial charge in [-0.1, -0.05) is 6.07 Å². The van der Waals surface area contributed by atoms with Gasteiger partial charge in [-0.3, -0.25) is 4.79 Å². The summed E-state index contributed by atoms with van der Waals surface area (Å²) in [6, 6.07) is 15.1. The second-order valence-corrected chi connectivity index (χ2v) is 5.22.